The second-order valence-electron chi connectivity index (χ2n) is 3.65. The molecule has 0 aromatic heterocycles. The summed E-state index contributed by atoms with van der Waals surface area (Å²) < 4.78 is 10.2. The molecule has 1 unspecified atom stereocenters. The monoisotopic (exact) mass is 287 g/mol. The van der Waals surface area contributed by atoms with Gasteiger partial charge in [-0.3, -0.25) is 4.79 Å². The van der Waals surface area contributed by atoms with Crippen molar-refractivity contribution in [2.24, 2.45) is 0 Å². The van der Waals surface area contributed by atoms with Crippen LogP contribution in [0, 0.1) is 0 Å². The summed E-state index contributed by atoms with van der Waals surface area (Å²) in [5, 5.41) is 11.4. The Kier molecular flexibility index (Phi) is 5.44. The highest BCUT2D eigenvalue weighted by molar-refractivity contribution is 6.33. The molecule has 1 aromatic rings. The Labute approximate surface area is 115 Å². The van der Waals surface area contributed by atoms with Crippen molar-refractivity contribution in [1.82, 2.24) is 5.32 Å². The Hall–Kier alpha value is -1.95. The molecule has 0 spiro atoms. The van der Waals surface area contributed by atoms with Crippen LogP contribution < -0.4 is 14.8 Å². The van der Waals surface area contributed by atoms with Crippen molar-refractivity contribution in [2.75, 3.05) is 14.2 Å². The average molecular weight is 288 g/mol. The SMILES string of the molecule is COc1ccc(CC(NC=O)C(=O)O)c(Cl)c1OC. The molecule has 1 aromatic carbocycles. The van der Waals surface area contributed by atoms with Gasteiger partial charge in [0.2, 0.25) is 6.41 Å². The lowest BCUT2D eigenvalue weighted by Crippen LogP contribution is -2.37. The Morgan fingerprint density at radius 1 is 1.47 bits per heavy atom. The molecule has 0 saturated heterocycles. The summed E-state index contributed by atoms with van der Waals surface area (Å²) in [6.07, 6.45) is 0.390. The summed E-state index contributed by atoms with van der Waals surface area (Å²) in [6.45, 7) is 0. The summed E-state index contributed by atoms with van der Waals surface area (Å²) in [5.74, 6) is -0.360. The van der Waals surface area contributed by atoms with Crippen LogP contribution in [0.5, 0.6) is 11.5 Å². The molecule has 104 valence electrons. The predicted molar refractivity (Wildman–Crippen MR) is 68.9 cm³/mol. The molecule has 0 aliphatic rings. The van der Waals surface area contributed by atoms with Crippen LogP contribution in [0.3, 0.4) is 0 Å². The van der Waals surface area contributed by atoms with Crippen LogP contribution in [0.2, 0.25) is 5.02 Å². The fraction of sp³-hybridized carbons (Fsp3) is 0.333. The van der Waals surface area contributed by atoms with Crippen molar-refractivity contribution < 1.29 is 24.2 Å². The third kappa shape index (κ3) is 3.51. The van der Waals surface area contributed by atoms with Crippen LogP contribution in [0.4, 0.5) is 0 Å². The quantitative estimate of drug-likeness (QED) is 0.734. The minimum Gasteiger partial charge on any atom is -0.493 e. The number of nitrogens with one attached hydrogen (secondary N) is 1. The van der Waals surface area contributed by atoms with Gasteiger partial charge in [-0.2, -0.15) is 0 Å². The number of carbonyl (C=O) groups excluding carboxylic acids is 1. The summed E-state index contributed by atoms with van der Waals surface area (Å²) in [5.41, 5.74) is 0.543. The number of carboxylic acids is 1. The largest absolute Gasteiger partial charge is 0.493 e. The molecule has 1 amide bonds. The summed E-state index contributed by atoms with van der Waals surface area (Å²) in [6, 6.07) is 2.21. The van der Waals surface area contributed by atoms with Gasteiger partial charge >= 0.3 is 5.97 Å². The number of halogens is 1. The lowest BCUT2D eigenvalue weighted by Gasteiger charge is -2.15. The number of aliphatic carboxylic acids is 1. The molecule has 0 heterocycles. The van der Waals surface area contributed by atoms with Crippen molar-refractivity contribution in [3.63, 3.8) is 0 Å². The average Bonchev–Trinajstić information content (AvgIpc) is 2.39. The number of ether oxygens (including phenoxy) is 2. The molecule has 1 rings (SSSR count). The minimum absolute atomic E-state index is 0.0489. The van der Waals surface area contributed by atoms with Gasteiger partial charge in [-0.25, -0.2) is 4.79 Å². The molecule has 7 heteroatoms. The van der Waals surface area contributed by atoms with Gasteiger partial charge in [-0.05, 0) is 11.6 Å². The highest BCUT2D eigenvalue weighted by Gasteiger charge is 2.21. The van der Waals surface area contributed by atoms with E-state index in [0.29, 0.717) is 23.5 Å². The van der Waals surface area contributed by atoms with Crippen LogP contribution in [-0.4, -0.2) is 37.7 Å². The molecule has 6 nitrogen and oxygen atoms in total. The number of carbonyl (C=O) groups is 2. The number of amides is 1. The summed E-state index contributed by atoms with van der Waals surface area (Å²) in [7, 11) is 2.91. The molecule has 0 aliphatic heterocycles. The van der Waals surface area contributed by atoms with Crippen molar-refractivity contribution in [1.29, 1.82) is 0 Å². The van der Waals surface area contributed by atoms with E-state index < -0.39 is 12.0 Å². The standard InChI is InChI=1S/C12H14ClNO5/c1-18-9-4-3-7(10(13)11(9)19-2)5-8(12(16)17)14-6-15/h3-4,6,8H,5H2,1-2H3,(H,14,15)(H,16,17). The maximum atomic E-state index is 11.0. The minimum atomic E-state index is -1.14. The summed E-state index contributed by atoms with van der Waals surface area (Å²) >= 11 is 6.13. The predicted octanol–water partition coefficient (Wildman–Crippen LogP) is 1.10. The van der Waals surface area contributed by atoms with Gasteiger partial charge in [0.1, 0.15) is 6.04 Å². The fourth-order valence-corrected chi connectivity index (χ4v) is 1.92. The van der Waals surface area contributed by atoms with Crippen molar-refractivity contribution in [2.45, 2.75) is 12.5 Å². The number of benzene rings is 1. The third-order valence-corrected chi connectivity index (χ3v) is 2.97. The van der Waals surface area contributed by atoms with E-state index in [1.807, 2.05) is 0 Å². The Balaban J connectivity index is 3.07. The van der Waals surface area contributed by atoms with E-state index in [4.69, 9.17) is 26.2 Å². The Morgan fingerprint density at radius 2 is 2.16 bits per heavy atom. The first-order valence-electron chi connectivity index (χ1n) is 5.37. The van der Waals surface area contributed by atoms with Gasteiger partial charge < -0.3 is 19.9 Å². The van der Waals surface area contributed by atoms with Crippen LogP contribution in [0.1, 0.15) is 5.56 Å². The van der Waals surface area contributed by atoms with E-state index in [1.165, 1.54) is 14.2 Å². The van der Waals surface area contributed by atoms with Gasteiger partial charge in [-0.15, -0.1) is 0 Å². The van der Waals surface area contributed by atoms with Crippen molar-refractivity contribution in [3.8, 4) is 11.5 Å². The van der Waals surface area contributed by atoms with Crippen molar-refractivity contribution in [3.05, 3.63) is 22.7 Å². The van der Waals surface area contributed by atoms with Gasteiger partial charge in [0, 0.05) is 6.42 Å². The first kappa shape index (κ1) is 15.1. The number of rotatable bonds is 7. The van der Waals surface area contributed by atoms with Gasteiger partial charge in [-0.1, -0.05) is 17.7 Å². The van der Waals surface area contributed by atoms with Crippen LogP contribution in [-0.2, 0) is 16.0 Å². The van der Waals surface area contributed by atoms with Crippen LogP contribution >= 0.6 is 11.6 Å². The van der Waals surface area contributed by atoms with Crippen LogP contribution in [0.15, 0.2) is 12.1 Å². The maximum absolute atomic E-state index is 11.0. The van der Waals surface area contributed by atoms with E-state index in [1.54, 1.807) is 12.1 Å². The normalized spacial score (nSPS) is 11.5. The lowest BCUT2D eigenvalue weighted by molar-refractivity contribution is -0.140. The zero-order valence-corrected chi connectivity index (χ0v) is 11.2. The van der Waals surface area contributed by atoms with E-state index in [0.717, 1.165) is 0 Å². The Morgan fingerprint density at radius 3 is 2.63 bits per heavy atom. The smallest absolute Gasteiger partial charge is 0.326 e. The zero-order valence-electron chi connectivity index (χ0n) is 10.5. The second kappa shape index (κ2) is 6.84. The molecule has 19 heavy (non-hydrogen) atoms. The molecule has 0 radical (unpaired) electrons. The second-order valence-corrected chi connectivity index (χ2v) is 4.03. The highest BCUT2D eigenvalue weighted by atomic mass is 35.5. The first-order chi connectivity index (χ1) is 9.04. The first-order valence-corrected chi connectivity index (χ1v) is 5.74. The highest BCUT2D eigenvalue weighted by Crippen LogP contribution is 2.37. The lowest BCUT2D eigenvalue weighted by atomic mass is 10.1. The maximum Gasteiger partial charge on any atom is 0.326 e. The number of carboxylic acid groups (broad SMARTS) is 1. The molecule has 0 aliphatic carbocycles. The zero-order chi connectivity index (χ0) is 14.4. The van der Waals surface area contributed by atoms with Crippen LogP contribution in [0.25, 0.3) is 0 Å². The van der Waals surface area contributed by atoms with Crippen molar-refractivity contribution >= 4 is 24.0 Å². The van der Waals surface area contributed by atoms with Gasteiger partial charge in [0.25, 0.3) is 0 Å². The third-order valence-electron chi connectivity index (χ3n) is 2.56. The van der Waals surface area contributed by atoms with E-state index in [2.05, 4.69) is 5.32 Å². The molecule has 0 fully saturated rings. The summed E-state index contributed by atoms with van der Waals surface area (Å²) in [4.78, 5) is 21.3. The van der Waals surface area contributed by atoms with Gasteiger partial charge in [0.05, 0.1) is 19.2 Å². The molecule has 0 bridgehead atoms. The molecule has 2 N–H and O–H groups in total. The van der Waals surface area contributed by atoms with E-state index in [-0.39, 0.29) is 11.4 Å². The molecular weight excluding hydrogens is 274 g/mol. The van der Waals surface area contributed by atoms with E-state index >= 15 is 0 Å². The fourth-order valence-electron chi connectivity index (χ4n) is 1.61. The Bertz CT molecular complexity index is 477. The molecule has 0 saturated carbocycles. The number of methoxy groups -OCH3 is 2. The van der Waals surface area contributed by atoms with Gasteiger partial charge in [0.15, 0.2) is 11.5 Å². The van der Waals surface area contributed by atoms with E-state index in [9.17, 15) is 9.59 Å². The number of hydrogen-bond donors (Lipinski definition) is 2. The number of hydrogen-bond acceptors (Lipinski definition) is 4. The topological polar surface area (TPSA) is 84.9 Å². The molecular formula is C12H14ClNO5. The molecule has 1 atom stereocenters.